The van der Waals surface area contributed by atoms with Gasteiger partial charge in [0.2, 0.25) is 5.91 Å². The van der Waals surface area contributed by atoms with Gasteiger partial charge in [0.05, 0.1) is 6.54 Å². The van der Waals surface area contributed by atoms with Crippen molar-refractivity contribution in [2.45, 2.75) is 19.4 Å². The standard InChI is InChI=1S/C26H25ClN2O4S/c27-20-5-3-18(4-6-20)25(30)28-11-9-19(10-12-28)26(31)29(17-22-2-1-15-34-22)21-7-8-23-24(16-21)33-14-13-32-23/h1-8,15-16,19H,9-14,17H2. The van der Waals surface area contributed by atoms with Crippen LogP contribution < -0.4 is 14.4 Å². The second-order valence-corrected chi connectivity index (χ2v) is 9.87. The van der Waals surface area contributed by atoms with Gasteiger partial charge in [-0.05, 0) is 60.7 Å². The number of piperidine rings is 1. The Labute approximate surface area is 207 Å². The summed E-state index contributed by atoms with van der Waals surface area (Å²) >= 11 is 7.57. The molecule has 0 spiro atoms. The molecule has 3 heterocycles. The highest BCUT2D eigenvalue weighted by Gasteiger charge is 2.32. The number of fused-ring (bicyclic) bond motifs is 1. The Morgan fingerprint density at radius 2 is 1.74 bits per heavy atom. The van der Waals surface area contributed by atoms with E-state index in [9.17, 15) is 9.59 Å². The average molecular weight is 497 g/mol. The maximum atomic E-state index is 13.7. The molecule has 0 radical (unpaired) electrons. The zero-order chi connectivity index (χ0) is 23.5. The molecule has 0 N–H and O–H groups in total. The van der Waals surface area contributed by atoms with Gasteiger partial charge in [-0.2, -0.15) is 0 Å². The molecule has 0 unspecified atom stereocenters. The molecule has 5 rings (SSSR count). The van der Waals surface area contributed by atoms with Crippen molar-refractivity contribution in [3.63, 3.8) is 0 Å². The van der Waals surface area contributed by atoms with Gasteiger partial charge < -0.3 is 19.3 Å². The normalized spacial score (nSPS) is 15.7. The molecule has 0 bridgehead atoms. The number of halogens is 1. The Balaban J connectivity index is 1.31. The summed E-state index contributed by atoms with van der Waals surface area (Å²) in [6, 6.07) is 16.6. The highest BCUT2D eigenvalue weighted by atomic mass is 35.5. The number of thiophene rings is 1. The van der Waals surface area contributed by atoms with Gasteiger partial charge in [0.25, 0.3) is 5.91 Å². The van der Waals surface area contributed by atoms with Gasteiger partial charge >= 0.3 is 0 Å². The zero-order valence-corrected chi connectivity index (χ0v) is 20.2. The van der Waals surface area contributed by atoms with Crippen LogP contribution in [0.1, 0.15) is 28.1 Å². The van der Waals surface area contributed by atoms with E-state index in [1.54, 1.807) is 35.6 Å². The third-order valence-electron chi connectivity index (χ3n) is 6.22. The number of hydrogen-bond donors (Lipinski definition) is 0. The molecule has 6 nitrogen and oxygen atoms in total. The summed E-state index contributed by atoms with van der Waals surface area (Å²) in [6.07, 6.45) is 1.26. The molecule has 2 aromatic carbocycles. The number of nitrogens with zero attached hydrogens (tertiary/aromatic N) is 2. The van der Waals surface area contributed by atoms with Crippen LogP contribution in [0.4, 0.5) is 5.69 Å². The van der Waals surface area contributed by atoms with Gasteiger partial charge in [0.1, 0.15) is 13.2 Å². The minimum atomic E-state index is -0.151. The Bertz CT molecular complexity index is 1160. The molecular weight excluding hydrogens is 472 g/mol. The van der Waals surface area contributed by atoms with E-state index in [4.69, 9.17) is 21.1 Å². The predicted molar refractivity (Wildman–Crippen MR) is 133 cm³/mol. The third kappa shape index (κ3) is 4.91. The first kappa shape index (κ1) is 22.7. The maximum absolute atomic E-state index is 13.7. The summed E-state index contributed by atoms with van der Waals surface area (Å²) in [5, 5.41) is 2.62. The summed E-state index contributed by atoms with van der Waals surface area (Å²) in [6.45, 7) is 2.62. The lowest BCUT2D eigenvalue weighted by molar-refractivity contribution is -0.123. The molecule has 1 fully saturated rings. The van der Waals surface area contributed by atoms with Crippen LogP contribution in [0.2, 0.25) is 5.02 Å². The second-order valence-electron chi connectivity index (χ2n) is 8.41. The van der Waals surface area contributed by atoms with Crippen LogP contribution in [-0.2, 0) is 11.3 Å². The number of ether oxygens (including phenoxy) is 2. The summed E-state index contributed by atoms with van der Waals surface area (Å²) in [7, 11) is 0. The number of amides is 2. The molecule has 0 atom stereocenters. The quantitative estimate of drug-likeness (QED) is 0.483. The van der Waals surface area contributed by atoms with Gasteiger partial charge in [-0.1, -0.05) is 17.7 Å². The van der Waals surface area contributed by atoms with Crippen molar-refractivity contribution in [3.8, 4) is 11.5 Å². The molecule has 1 saturated heterocycles. The van der Waals surface area contributed by atoms with Crippen LogP contribution >= 0.6 is 22.9 Å². The van der Waals surface area contributed by atoms with Crippen molar-refractivity contribution in [3.05, 3.63) is 75.4 Å². The van der Waals surface area contributed by atoms with Gasteiger partial charge in [-0.15, -0.1) is 11.3 Å². The van der Waals surface area contributed by atoms with E-state index in [1.807, 2.05) is 45.5 Å². The van der Waals surface area contributed by atoms with E-state index < -0.39 is 0 Å². The Kier molecular flexibility index (Phi) is 6.74. The Hall–Kier alpha value is -3.03. The molecule has 0 saturated carbocycles. The number of likely N-dealkylation sites (tertiary alicyclic amines) is 1. The molecule has 2 aliphatic heterocycles. The van der Waals surface area contributed by atoms with E-state index in [1.165, 1.54) is 0 Å². The van der Waals surface area contributed by atoms with Crippen LogP contribution in [0, 0.1) is 5.92 Å². The van der Waals surface area contributed by atoms with E-state index >= 15 is 0 Å². The number of anilines is 1. The minimum absolute atomic E-state index is 0.0233. The molecule has 176 valence electrons. The molecule has 0 aliphatic carbocycles. The fourth-order valence-corrected chi connectivity index (χ4v) is 5.20. The van der Waals surface area contributed by atoms with Gasteiger partial charge in [-0.25, -0.2) is 0 Å². The second kappa shape index (κ2) is 10.1. The number of carbonyl (C=O) groups excluding carboxylic acids is 2. The maximum Gasteiger partial charge on any atom is 0.253 e. The molecular formula is C26H25ClN2O4S. The molecule has 3 aromatic rings. The van der Waals surface area contributed by atoms with Crippen molar-refractivity contribution >= 4 is 40.4 Å². The zero-order valence-electron chi connectivity index (χ0n) is 18.6. The first-order valence-corrected chi connectivity index (χ1v) is 12.6. The lowest BCUT2D eigenvalue weighted by Gasteiger charge is -2.34. The van der Waals surface area contributed by atoms with Crippen LogP contribution in [0.25, 0.3) is 0 Å². The number of rotatable bonds is 5. The highest BCUT2D eigenvalue weighted by molar-refractivity contribution is 7.09. The van der Waals surface area contributed by atoms with E-state index in [0.29, 0.717) is 67.8 Å². The largest absolute Gasteiger partial charge is 0.486 e. The summed E-state index contributed by atoms with van der Waals surface area (Å²) in [4.78, 5) is 31.3. The fraction of sp³-hybridized carbons (Fsp3) is 0.308. The predicted octanol–water partition coefficient (Wildman–Crippen LogP) is 5.26. The van der Waals surface area contributed by atoms with Gasteiger partial charge in [-0.3, -0.25) is 9.59 Å². The fourth-order valence-electron chi connectivity index (χ4n) is 4.38. The van der Waals surface area contributed by atoms with Crippen molar-refractivity contribution in [1.82, 2.24) is 4.90 Å². The molecule has 2 aliphatic rings. The monoisotopic (exact) mass is 496 g/mol. The number of hydrogen-bond acceptors (Lipinski definition) is 5. The molecule has 1 aromatic heterocycles. The summed E-state index contributed by atoms with van der Waals surface area (Å²) in [5.41, 5.74) is 1.41. The van der Waals surface area contributed by atoms with Crippen LogP contribution in [0.5, 0.6) is 11.5 Å². The van der Waals surface area contributed by atoms with Gasteiger partial charge in [0, 0.05) is 46.2 Å². The Morgan fingerprint density at radius 1 is 1.00 bits per heavy atom. The van der Waals surface area contributed by atoms with Crippen LogP contribution in [0.15, 0.2) is 60.0 Å². The first-order valence-electron chi connectivity index (χ1n) is 11.4. The lowest BCUT2D eigenvalue weighted by atomic mass is 9.94. The highest BCUT2D eigenvalue weighted by Crippen LogP contribution is 2.36. The minimum Gasteiger partial charge on any atom is -0.486 e. The molecule has 8 heteroatoms. The molecule has 34 heavy (non-hydrogen) atoms. The Morgan fingerprint density at radius 3 is 2.44 bits per heavy atom. The van der Waals surface area contributed by atoms with Crippen LogP contribution in [-0.4, -0.2) is 43.0 Å². The van der Waals surface area contributed by atoms with E-state index in [0.717, 1.165) is 10.6 Å². The first-order chi connectivity index (χ1) is 16.6. The number of carbonyl (C=O) groups is 2. The lowest BCUT2D eigenvalue weighted by Crippen LogP contribution is -2.44. The topological polar surface area (TPSA) is 59.1 Å². The van der Waals surface area contributed by atoms with Crippen molar-refractivity contribution in [2.24, 2.45) is 5.92 Å². The van der Waals surface area contributed by atoms with Crippen LogP contribution in [0.3, 0.4) is 0 Å². The van der Waals surface area contributed by atoms with E-state index in [2.05, 4.69) is 0 Å². The number of benzene rings is 2. The van der Waals surface area contributed by atoms with Crippen molar-refractivity contribution < 1.29 is 19.1 Å². The van der Waals surface area contributed by atoms with Crippen molar-refractivity contribution in [2.75, 3.05) is 31.2 Å². The van der Waals surface area contributed by atoms with Gasteiger partial charge in [0.15, 0.2) is 11.5 Å². The smallest absolute Gasteiger partial charge is 0.253 e. The third-order valence-corrected chi connectivity index (χ3v) is 7.33. The van der Waals surface area contributed by atoms with Crippen molar-refractivity contribution in [1.29, 1.82) is 0 Å². The summed E-state index contributed by atoms with van der Waals surface area (Å²) in [5.74, 6) is 1.26. The SMILES string of the molecule is O=C(c1ccc(Cl)cc1)N1CCC(C(=O)N(Cc2cccs2)c2ccc3c(c2)OCCO3)CC1. The van der Waals surface area contributed by atoms with E-state index in [-0.39, 0.29) is 17.7 Å². The molecule has 2 amide bonds. The summed E-state index contributed by atoms with van der Waals surface area (Å²) < 4.78 is 11.4. The average Bonchev–Trinajstić information content (AvgIpc) is 3.40.